The highest BCUT2D eigenvalue weighted by Crippen LogP contribution is 2.22. The topological polar surface area (TPSA) is 33.1 Å². The Morgan fingerprint density at radius 1 is 1.41 bits per heavy atom. The van der Waals surface area contributed by atoms with E-state index in [-0.39, 0.29) is 0 Å². The lowest BCUT2D eigenvalue weighted by Crippen LogP contribution is -2.26. The second-order valence-corrected chi connectivity index (χ2v) is 5.23. The normalized spacial score (nSPS) is 13.4. The number of hydrogen-bond donors (Lipinski definition) is 1. The smallest absolute Gasteiger partial charge is 0.203 e. The third kappa shape index (κ3) is 4.38. The minimum Gasteiger partial charge on any atom is -0.356 e. The molecule has 0 aliphatic heterocycles. The average Bonchev–Trinajstić information content (AvgIpc) is 2.64. The maximum atomic E-state index is 4.37. The van der Waals surface area contributed by atoms with E-state index in [0.717, 1.165) is 19.0 Å². The zero-order valence-corrected chi connectivity index (χ0v) is 11.8. The summed E-state index contributed by atoms with van der Waals surface area (Å²) in [6.07, 6.45) is 5.13. The van der Waals surface area contributed by atoms with Crippen LogP contribution in [0.15, 0.2) is 12.4 Å². The Morgan fingerprint density at radius 3 is 2.65 bits per heavy atom. The van der Waals surface area contributed by atoms with Gasteiger partial charge in [0.25, 0.3) is 0 Å². The van der Waals surface area contributed by atoms with E-state index in [1.807, 2.05) is 6.20 Å². The highest BCUT2D eigenvalue weighted by Gasteiger charge is 2.16. The molecule has 0 aliphatic rings. The van der Waals surface area contributed by atoms with Gasteiger partial charge in [-0.15, -0.1) is 0 Å². The molecule has 1 N–H and O–H groups in total. The van der Waals surface area contributed by atoms with E-state index < -0.39 is 0 Å². The van der Waals surface area contributed by atoms with Gasteiger partial charge in [0.1, 0.15) is 0 Å². The standard InChI is InChI=1S/C13H26N4/c1-6-14-13-15-7-8-17(13)12(9-11(2)3)10-16(4)5/h7-8,11-12H,6,9-10H2,1-5H3,(H,14,15). The van der Waals surface area contributed by atoms with E-state index in [1.54, 1.807) is 0 Å². The van der Waals surface area contributed by atoms with E-state index >= 15 is 0 Å². The number of likely N-dealkylation sites (N-methyl/N-ethyl adjacent to an activating group) is 1. The molecule has 0 saturated heterocycles. The number of nitrogens with zero attached hydrogens (tertiary/aromatic N) is 3. The molecular weight excluding hydrogens is 212 g/mol. The zero-order chi connectivity index (χ0) is 12.8. The van der Waals surface area contributed by atoms with E-state index in [2.05, 4.69) is 60.8 Å². The minimum atomic E-state index is 0.488. The summed E-state index contributed by atoms with van der Waals surface area (Å²) in [5.74, 6) is 1.68. The van der Waals surface area contributed by atoms with Gasteiger partial charge >= 0.3 is 0 Å². The van der Waals surface area contributed by atoms with Gasteiger partial charge in [-0.25, -0.2) is 4.98 Å². The SMILES string of the molecule is CCNc1nccn1C(CC(C)C)CN(C)C. The van der Waals surface area contributed by atoms with Gasteiger partial charge in [-0.2, -0.15) is 0 Å². The van der Waals surface area contributed by atoms with Gasteiger partial charge in [0.2, 0.25) is 5.95 Å². The highest BCUT2D eigenvalue weighted by molar-refractivity contribution is 5.26. The molecule has 1 atom stereocenters. The summed E-state index contributed by atoms with van der Waals surface area (Å²) in [5.41, 5.74) is 0. The van der Waals surface area contributed by atoms with Crippen molar-refractivity contribution in [3.63, 3.8) is 0 Å². The van der Waals surface area contributed by atoms with Crippen molar-refractivity contribution in [2.24, 2.45) is 5.92 Å². The van der Waals surface area contributed by atoms with Crippen LogP contribution in [-0.2, 0) is 0 Å². The van der Waals surface area contributed by atoms with Crippen molar-refractivity contribution in [3.05, 3.63) is 12.4 Å². The molecule has 98 valence electrons. The number of nitrogens with one attached hydrogen (secondary N) is 1. The first kappa shape index (κ1) is 14.0. The molecule has 0 fully saturated rings. The molecule has 0 amide bonds. The molecule has 4 nitrogen and oxygen atoms in total. The van der Waals surface area contributed by atoms with Crippen LogP contribution in [0.4, 0.5) is 5.95 Å². The third-order valence-electron chi connectivity index (χ3n) is 2.72. The van der Waals surface area contributed by atoms with Crippen molar-refractivity contribution in [3.8, 4) is 0 Å². The van der Waals surface area contributed by atoms with Crippen LogP contribution in [0.3, 0.4) is 0 Å². The number of rotatable bonds is 7. The summed E-state index contributed by atoms with van der Waals surface area (Å²) in [4.78, 5) is 6.61. The summed E-state index contributed by atoms with van der Waals surface area (Å²) in [5, 5.41) is 3.32. The van der Waals surface area contributed by atoms with Crippen molar-refractivity contribution in [1.82, 2.24) is 14.5 Å². The van der Waals surface area contributed by atoms with E-state index in [0.29, 0.717) is 12.0 Å². The third-order valence-corrected chi connectivity index (χ3v) is 2.72. The summed E-state index contributed by atoms with van der Waals surface area (Å²) >= 11 is 0. The lowest BCUT2D eigenvalue weighted by molar-refractivity contribution is 0.290. The largest absolute Gasteiger partial charge is 0.356 e. The van der Waals surface area contributed by atoms with E-state index in [9.17, 15) is 0 Å². The number of anilines is 1. The molecule has 1 rings (SSSR count). The highest BCUT2D eigenvalue weighted by atomic mass is 15.2. The molecule has 0 aliphatic carbocycles. The molecule has 0 aromatic carbocycles. The second kappa shape index (κ2) is 6.64. The van der Waals surface area contributed by atoms with Gasteiger partial charge in [0.05, 0.1) is 0 Å². The molecule has 1 heterocycles. The zero-order valence-electron chi connectivity index (χ0n) is 11.8. The monoisotopic (exact) mass is 238 g/mol. The van der Waals surface area contributed by atoms with Gasteiger partial charge in [-0.05, 0) is 33.4 Å². The van der Waals surface area contributed by atoms with Crippen LogP contribution in [0.25, 0.3) is 0 Å². The van der Waals surface area contributed by atoms with Crippen LogP contribution < -0.4 is 5.32 Å². The molecule has 0 radical (unpaired) electrons. The van der Waals surface area contributed by atoms with Gasteiger partial charge in [0.15, 0.2) is 0 Å². The van der Waals surface area contributed by atoms with Gasteiger partial charge < -0.3 is 14.8 Å². The molecule has 1 unspecified atom stereocenters. The lowest BCUT2D eigenvalue weighted by atomic mass is 10.0. The predicted molar refractivity (Wildman–Crippen MR) is 73.4 cm³/mol. The van der Waals surface area contributed by atoms with Crippen LogP contribution in [-0.4, -0.2) is 41.6 Å². The first-order valence-electron chi connectivity index (χ1n) is 6.46. The first-order chi connectivity index (χ1) is 8.04. The lowest BCUT2D eigenvalue weighted by Gasteiger charge is -2.25. The Labute approximate surface area is 105 Å². The van der Waals surface area contributed by atoms with Crippen molar-refractivity contribution >= 4 is 5.95 Å². The molecule has 1 aromatic rings. The maximum absolute atomic E-state index is 4.37. The molecular formula is C13H26N4. The van der Waals surface area contributed by atoms with Crippen molar-refractivity contribution in [1.29, 1.82) is 0 Å². The fourth-order valence-electron chi connectivity index (χ4n) is 2.14. The molecule has 0 bridgehead atoms. The van der Waals surface area contributed by atoms with E-state index in [1.165, 1.54) is 6.42 Å². The first-order valence-corrected chi connectivity index (χ1v) is 6.46. The Bertz CT molecular complexity index is 307. The Balaban J connectivity index is 2.82. The Hall–Kier alpha value is -1.03. The number of imidazole rings is 1. The van der Waals surface area contributed by atoms with Crippen LogP contribution >= 0.6 is 0 Å². The van der Waals surface area contributed by atoms with Crippen LogP contribution in [0.1, 0.15) is 33.2 Å². The number of hydrogen-bond acceptors (Lipinski definition) is 3. The number of aromatic nitrogens is 2. The summed E-state index contributed by atoms with van der Waals surface area (Å²) in [6.45, 7) is 8.60. The Morgan fingerprint density at radius 2 is 2.12 bits per heavy atom. The Kier molecular flexibility index (Phi) is 5.48. The molecule has 4 heteroatoms. The summed E-state index contributed by atoms with van der Waals surface area (Å²) in [6, 6.07) is 0.488. The van der Waals surface area contributed by atoms with Crippen molar-refractivity contribution < 1.29 is 0 Å². The van der Waals surface area contributed by atoms with E-state index in [4.69, 9.17) is 0 Å². The van der Waals surface area contributed by atoms with Crippen molar-refractivity contribution in [2.75, 3.05) is 32.5 Å². The van der Waals surface area contributed by atoms with Crippen LogP contribution in [0, 0.1) is 5.92 Å². The maximum Gasteiger partial charge on any atom is 0.203 e. The summed E-state index contributed by atoms with van der Waals surface area (Å²) in [7, 11) is 4.24. The molecule has 0 saturated carbocycles. The van der Waals surface area contributed by atoms with Gasteiger partial charge in [-0.3, -0.25) is 0 Å². The second-order valence-electron chi connectivity index (χ2n) is 5.23. The predicted octanol–water partition coefficient (Wildman–Crippen LogP) is 2.46. The molecule has 0 spiro atoms. The van der Waals surface area contributed by atoms with Crippen LogP contribution in [0.2, 0.25) is 0 Å². The minimum absolute atomic E-state index is 0.488. The fourth-order valence-corrected chi connectivity index (χ4v) is 2.14. The van der Waals surface area contributed by atoms with Gasteiger partial charge in [0, 0.05) is 31.5 Å². The van der Waals surface area contributed by atoms with Crippen LogP contribution in [0.5, 0.6) is 0 Å². The molecule has 1 aromatic heterocycles. The fraction of sp³-hybridized carbons (Fsp3) is 0.769. The van der Waals surface area contributed by atoms with Crippen molar-refractivity contribution in [2.45, 2.75) is 33.2 Å². The molecule has 17 heavy (non-hydrogen) atoms. The average molecular weight is 238 g/mol. The quantitative estimate of drug-likeness (QED) is 0.792. The summed E-state index contributed by atoms with van der Waals surface area (Å²) < 4.78 is 2.27. The van der Waals surface area contributed by atoms with Gasteiger partial charge in [-0.1, -0.05) is 13.8 Å².